The Labute approximate surface area is 170 Å². The van der Waals surface area contributed by atoms with E-state index >= 15 is 0 Å². The standard InChI is InChI=1S/C21H19FN4O2S/c1-13-4-3-5-15(10-13)11-26-17-18(25(2)20(28)24-19(17)27)23-21(26)29-12-14-6-8-16(22)9-7-14/h3-10H,11-12H2,1-2H3,(H,24,27,28). The number of H-pyrrole nitrogens is 1. The lowest BCUT2D eigenvalue weighted by Crippen LogP contribution is -2.29. The van der Waals surface area contributed by atoms with Crippen LogP contribution in [-0.2, 0) is 19.3 Å². The molecule has 0 aliphatic carbocycles. The van der Waals surface area contributed by atoms with E-state index in [2.05, 4.69) is 16.0 Å². The summed E-state index contributed by atoms with van der Waals surface area (Å²) in [5, 5.41) is 0.623. The van der Waals surface area contributed by atoms with Gasteiger partial charge in [0.05, 0.1) is 6.54 Å². The number of hydrogen-bond donors (Lipinski definition) is 1. The summed E-state index contributed by atoms with van der Waals surface area (Å²) < 4.78 is 16.3. The number of imidazole rings is 1. The molecule has 4 aromatic rings. The maximum atomic E-state index is 13.2. The van der Waals surface area contributed by atoms with Crippen molar-refractivity contribution in [3.63, 3.8) is 0 Å². The third-order valence-corrected chi connectivity index (χ3v) is 5.72. The molecule has 0 bridgehead atoms. The number of hydrogen-bond acceptors (Lipinski definition) is 4. The minimum absolute atomic E-state index is 0.285. The SMILES string of the molecule is Cc1cccc(Cn2c(SCc3ccc(F)cc3)nc3c2c(=O)[nH]c(=O)n3C)c1. The molecule has 8 heteroatoms. The Kier molecular flexibility index (Phi) is 5.10. The molecule has 0 atom stereocenters. The van der Waals surface area contributed by atoms with Crippen LogP contribution in [0.15, 0.2) is 63.3 Å². The Morgan fingerprint density at radius 1 is 1.10 bits per heavy atom. The second-order valence-corrected chi connectivity index (χ2v) is 7.82. The van der Waals surface area contributed by atoms with E-state index in [1.807, 2.05) is 29.7 Å². The van der Waals surface area contributed by atoms with E-state index < -0.39 is 11.2 Å². The molecule has 2 aromatic heterocycles. The quantitative estimate of drug-likeness (QED) is 0.513. The molecular formula is C21H19FN4O2S. The number of thioether (sulfide) groups is 1. The molecule has 6 nitrogen and oxygen atoms in total. The van der Waals surface area contributed by atoms with Crippen molar-refractivity contribution in [2.45, 2.75) is 24.4 Å². The smallest absolute Gasteiger partial charge is 0.309 e. The van der Waals surface area contributed by atoms with E-state index in [-0.39, 0.29) is 5.82 Å². The van der Waals surface area contributed by atoms with Crippen molar-refractivity contribution >= 4 is 22.9 Å². The van der Waals surface area contributed by atoms with E-state index in [9.17, 15) is 14.0 Å². The van der Waals surface area contributed by atoms with Crippen molar-refractivity contribution in [1.82, 2.24) is 19.1 Å². The number of benzene rings is 2. The first-order valence-electron chi connectivity index (χ1n) is 9.04. The maximum Gasteiger partial charge on any atom is 0.329 e. The molecule has 0 radical (unpaired) electrons. The minimum atomic E-state index is -0.502. The molecule has 2 heterocycles. The summed E-state index contributed by atoms with van der Waals surface area (Å²) in [5.74, 6) is 0.274. The molecule has 0 amide bonds. The van der Waals surface area contributed by atoms with Gasteiger partial charge in [-0.3, -0.25) is 14.3 Å². The zero-order chi connectivity index (χ0) is 20.5. The van der Waals surface area contributed by atoms with Gasteiger partial charge in [0, 0.05) is 12.8 Å². The summed E-state index contributed by atoms with van der Waals surface area (Å²) in [7, 11) is 1.58. The first-order chi connectivity index (χ1) is 13.9. The van der Waals surface area contributed by atoms with Crippen LogP contribution in [-0.4, -0.2) is 19.1 Å². The minimum Gasteiger partial charge on any atom is -0.309 e. The topological polar surface area (TPSA) is 72.7 Å². The highest BCUT2D eigenvalue weighted by molar-refractivity contribution is 7.98. The van der Waals surface area contributed by atoms with Gasteiger partial charge in [0.15, 0.2) is 16.3 Å². The molecule has 0 fully saturated rings. The van der Waals surface area contributed by atoms with Crippen LogP contribution in [0.1, 0.15) is 16.7 Å². The van der Waals surface area contributed by atoms with Crippen molar-refractivity contribution in [3.05, 3.63) is 91.9 Å². The molecule has 148 valence electrons. The number of aromatic amines is 1. The van der Waals surface area contributed by atoms with Gasteiger partial charge in [-0.25, -0.2) is 14.2 Å². The molecular weight excluding hydrogens is 391 g/mol. The molecule has 29 heavy (non-hydrogen) atoms. The second kappa shape index (κ2) is 7.71. The van der Waals surface area contributed by atoms with Crippen LogP contribution in [0.25, 0.3) is 11.2 Å². The summed E-state index contributed by atoms with van der Waals surface area (Å²) >= 11 is 1.44. The number of halogens is 1. The number of aromatic nitrogens is 4. The number of aryl methyl sites for hydroxylation is 2. The van der Waals surface area contributed by atoms with Gasteiger partial charge in [0.25, 0.3) is 5.56 Å². The number of rotatable bonds is 5. The lowest BCUT2D eigenvalue weighted by molar-refractivity contribution is 0.627. The van der Waals surface area contributed by atoms with Crippen LogP contribution < -0.4 is 11.2 Å². The largest absolute Gasteiger partial charge is 0.329 e. The van der Waals surface area contributed by atoms with Gasteiger partial charge in [0.1, 0.15) is 5.82 Å². The zero-order valence-corrected chi connectivity index (χ0v) is 16.8. The van der Waals surface area contributed by atoms with E-state index in [1.54, 1.807) is 19.2 Å². The van der Waals surface area contributed by atoms with Crippen LogP contribution in [0.2, 0.25) is 0 Å². The summed E-state index contributed by atoms with van der Waals surface area (Å²) in [6, 6.07) is 14.3. The third-order valence-electron chi connectivity index (χ3n) is 4.68. The highest BCUT2D eigenvalue weighted by Crippen LogP contribution is 2.26. The van der Waals surface area contributed by atoms with E-state index in [1.165, 1.54) is 28.5 Å². The Bertz CT molecular complexity index is 1310. The number of fused-ring (bicyclic) bond motifs is 1. The fraction of sp³-hybridized carbons (Fsp3) is 0.190. The van der Waals surface area contributed by atoms with Crippen molar-refractivity contribution < 1.29 is 4.39 Å². The van der Waals surface area contributed by atoms with Gasteiger partial charge >= 0.3 is 5.69 Å². The molecule has 0 unspecified atom stereocenters. The van der Waals surface area contributed by atoms with Crippen molar-refractivity contribution in [3.8, 4) is 0 Å². The average molecular weight is 410 g/mol. The molecule has 2 aromatic carbocycles. The molecule has 0 aliphatic rings. The summed E-state index contributed by atoms with van der Waals surface area (Å²) in [6.07, 6.45) is 0. The first kappa shape index (κ1) is 19.2. The highest BCUT2D eigenvalue weighted by Gasteiger charge is 2.18. The van der Waals surface area contributed by atoms with Gasteiger partial charge in [0.2, 0.25) is 0 Å². The average Bonchev–Trinajstić information content (AvgIpc) is 3.05. The lowest BCUT2D eigenvalue weighted by Gasteiger charge is -2.09. The molecule has 1 N–H and O–H groups in total. The van der Waals surface area contributed by atoms with Crippen LogP contribution >= 0.6 is 11.8 Å². The Morgan fingerprint density at radius 2 is 1.86 bits per heavy atom. The summed E-state index contributed by atoms with van der Waals surface area (Å²) in [6.45, 7) is 2.46. The lowest BCUT2D eigenvalue weighted by atomic mass is 10.1. The molecule has 0 aliphatic heterocycles. The normalized spacial score (nSPS) is 11.3. The van der Waals surface area contributed by atoms with E-state index in [4.69, 9.17) is 0 Å². The highest BCUT2D eigenvalue weighted by atomic mass is 32.2. The number of nitrogens with one attached hydrogen (secondary N) is 1. The second-order valence-electron chi connectivity index (χ2n) is 6.88. The van der Waals surface area contributed by atoms with Gasteiger partial charge in [-0.1, -0.05) is 53.7 Å². The Hall–Kier alpha value is -3.13. The van der Waals surface area contributed by atoms with Gasteiger partial charge in [-0.2, -0.15) is 0 Å². The third kappa shape index (κ3) is 3.88. The Morgan fingerprint density at radius 3 is 2.59 bits per heavy atom. The fourth-order valence-electron chi connectivity index (χ4n) is 3.19. The van der Waals surface area contributed by atoms with E-state index in [0.29, 0.717) is 28.6 Å². The predicted molar refractivity (Wildman–Crippen MR) is 112 cm³/mol. The predicted octanol–water partition coefficient (Wildman–Crippen LogP) is 3.21. The van der Waals surface area contributed by atoms with Crippen LogP contribution in [0, 0.1) is 12.7 Å². The van der Waals surface area contributed by atoms with E-state index in [0.717, 1.165) is 16.7 Å². The first-order valence-corrected chi connectivity index (χ1v) is 10.0. The van der Waals surface area contributed by atoms with Crippen LogP contribution in [0.3, 0.4) is 0 Å². The van der Waals surface area contributed by atoms with Crippen molar-refractivity contribution in [2.75, 3.05) is 0 Å². The molecule has 0 saturated heterocycles. The monoisotopic (exact) mass is 410 g/mol. The Balaban J connectivity index is 1.80. The molecule has 0 saturated carbocycles. The van der Waals surface area contributed by atoms with Gasteiger partial charge in [-0.15, -0.1) is 0 Å². The number of nitrogens with zero attached hydrogens (tertiary/aromatic N) is 3. The van der Waals surface area contributed by atoms with Crippen molar-refractivity contribution in [1.29, 1.82) is 0 Å². The van der Waals surface area contributed by atoms with Crippen LogP contribution in [0.4, 0.5) is 4.39 Å². The molecule has 0 spiro atoms. The molecule has 4 rings (SSSR count). The van der Waals surface area contributed by atoms with Crippen molar-refractivity contribution in [2.24, 2.45) is 7.05 Å². The van der Waals surface area contributed by atoms with Gasteiger partial charge < -0.3 is 4.57 Å². The maximum absolute atomic E-state index is 13.2. The summed E-state index contributed by atoms with van der Waals surface area (Å²) in [4.78, 5) is 31.5. The van der Waals surface area contributed by atoms with Crippen LogP contribution in [0.5, 0.6) is 0 Å². The fourth-order valence-corrected chi connectivity index (χ4v) is 4.14. The zero-order valence-electron chi connectivity index (χ0n) is 16.0. The summed E-state index contributed by atoms with van der Waals surface area (Å²) in [5.41, 5.74) is 2.82. The van der Waals surface area contributed by atoms with Gasteiger partial charge in [-0.05, 0) is 30.2 Å².